The maximum atomic E-state index is 12.4. The number of benzene rings is 2. The third-order valence-electron chi connectivity index (χ3n) is 4.98. The Kier molecular flexibility index (Phi) is 7.25. The summed E-state index contributed by atoms with van der Waals surface area (Å²) in [6.45, 7) is 11.1. The summed E-state index contributed by atoms with van der Waals surface area (Å²) in [6.07, 6.45) is 1.15. The lowest BCUT2D eigenvalue weighted by Gasteiger charge is -2.22. The lowest BCUT2D eigenvalue weighted by Crippen LogP contribution is -2.88. The zero-order valence-electron chi connectivity index (χ0n) is 18.2. The number of nitrogens with one attached hydrogen (secondary N) is 1. The molecule has 0 heterocycles. The van der Waals surface area contributed by atoms with Crippen molar-refractivity contribution in [2.75, 3.05) is 18.1 Å². The van der Waals surface area contributed by atoms with Gasteiger partial charge >= 0.3 is 0 Å². The Balaban J connectivity index is 2.05. The van der Waals surface area contributed by atoms with Crippen LogP contribution in [-0.2, 0) is 20.0 Å². The predicted molar refractivity (Wildman–Crippen MR) is 118 cm³/mol. The summed E-state index contributed by atoms with van der Waals surface area (Å²) in [7, 11) is -3.31. The van der Waals surface area contributed by atoms with Crippen molar-refractivity contribution in [3.63, 3.8) is 0 Å². The van der Waals surface area contributed by atoms with E-state index in [4.69, 9.17) is 0 Å². The molecule has 0 saturated heterocycles. The molecule has 0 aliphatic rings. The van der Waals surface area contributed by atoms with Crippen LogP contribution in [0.1, 0.15) is 51.8 Å². The van der Waals surface area contributed by atoms with E-state index in [1.165, 1.54) is 23.3 Å². The van der Waals surface area contributed by atoms with E-state index in [2.05, 4.69) is 64.2 Å². The minimum absolute atomic E-state index is 0.107. The van der Waals surface area contributed by atoms with Crippen LogP contribution in [0.15, 0.2) is 53.4 Å². The summed E-state index contributed by atoms with van der Waals surface area (Å²) in [4.78, 5) is 12.6. The van der Waals surface area contributed by atoms with Gasteiger partial charge in [0.05, 0.1) is 4.90 Å². The molecule has 0 bridgehead atoms. The van der Waals surface area contributed by atoms with Gasteiger partial charge < -0.3 is 10.6 Å². The average molecular weight is 418 g/mol. The Labute approximate surface area is 174 Å². The second-order valence-corrected chi connectivity index (χ2v) is 10.9. The molecule has 3 N–H and O–H groups in total. The molecular formula is C23H33N2O3S+. The number of anilines is 1. The number of sulfone groups is 1. The maximum absolute atomic E-state index is 12.4. The van der Waals surface area contributed by atoms with Gasteiger partial charge in [0, 0.05) is 23.4 Å². The van der Waals surface area contributed by atoms with E-state index in [0.29, 0.717) is 11.6 Å². The van der Waals surface area contributed by atoms with Crippen molar-refractivity contribution in [3.05, 3.63) is 59.7 Å². The second kappa shape index (κ2) is 9.09. The van der Waals surface area contributed by atoms with Gasteiger partial charge in [-0.15, -0.1) is 0 Å². The molecule has 1 atom stereocenters. The number of nitrogens with two attached hydrogens (primary N) is 1. The van der Waals surface area contributed by atoms with E-state index < -0.39 is 9.84 Å². The topological polar surface area (TPSA) is 79.8 Å². The van der Waals surface area contributed by atoms with Gasteiger partial charge in [0.1, 0.15) is 6.04 Å². The van der Waals surface area contributed by atoms with Crippen LogP contribution in [0.25, 0.3) is 0 Å². The van der Waals surface area contributed by atoms with E-state index in [9.17, 15) is 13.2 Å². The number of carbonyl (C=O) groups excluding carboxylic acids is 1. The fraction of sp³-hybridized carbons (Fsp3) is 0.435. The van der Waals surface area contributed by atoms with Gasteiger partial charge in [-0.3, -0.25) is 4.79 Å². The molecule has 0 unspecified atom stereocenters. The number of rotatable bonds is 7. The zero-order chi connectivity index (χ0) is 21.8. The molecule has 0 aromatic heterocycles. The van der Waals surface area contributed by atoms with Gasteiger partial charge in [-0.25, -0.2) is 8.42 Å². The van der Waals surface area contributed by atoms with Crippen molar-refractivity contribution in [2.45, 2.75) is 51.0 Å². The molecule has 0 radical (unpaired) electrons. The molecular weight excluding hydrogens is 384 g/mol. The number of quaternary nitrogens is 1. The van der Waals surface area contributed by atoms with Crippen LogP contribution in [-0.4, -0.2) is 27.1 Å². The van der Waals surface area contributed by atoms with E-state index in [0.717, 1.165) is 6.26 Å². The van der Waals surface area contributed by atoms with Crippen molar-refractivity contribution < 1.29 is 18.5 Å². The molecule has 2 aromatic carbocycles. The lowest BCUT2D eigenvalue weighted by atomic mass is 9.85. The summed E-state index contributed by atoms with van der Waals surface area (Å²) < 4.78 is 23.4. The molecule has 0 fully saturated rings. The quantitative estimate of drug-likeness (QED) is 0.725. The monoisotopic (exact) mass is 417 g/mol. The summed E-state index contributed by atoms with van der Waals surface area (Å²) in [5.74, 6) is 0.199. The van der Waals surface area contributed by atoms with Gasteiger partial charge in [0.15, 0.2) is 16.4 Å². The third-order valence-corrected chi connectivity index (χ3v) is 6.09. The number of carbonyl (C=O) groups is 1. The van der Waals surface area contributed by atoms with Crippen LogP contribution in [0.3, 0.4) is 0 Å². The van der Waals surface area contributed by atoms with Gasteiger partial charge in [0.25, 0.3) is 5.91 Å². The van der Waals surface area contributed by atoms with E-state index in [1.807, 2.05) is 5.32 Å². The van der Waals surface area contributed by atoms with E-state index in [-0.39, 0.29) is 28.8 Å². The smallest absolute Gasteiger partial charge is 0.279 e. The highest BCUT2D eigenvalue weighted by Gasteiger charge is 2.22. The highest BCUT2D eigenvalue weighted by Crippen LogP contribution is 2.25. The van der Waals surface area contributed by atoms with Gasteiger partial charge in [-0.1, -0.05) is 65.0 Å². The number of hydrogen-bond donors (Lipinski definition) is 2. The first-order valence-corrected chi connectivity index (χ1v) is 11.8. The van der Waals surface area contributed by atoms with Crippen LogP contribution in [0.5, 0.6) is 0 Å². The second-order valence-electron chi connectivity index (χ2n) is 8.93. The minimum Gasteiger partial charge on any atom is -0.332 e. The van der Waals surface area contributed by atoms with Gasteiger partial charge in [-0.2, -0.15) is 0 Å². The summed E-state index contributed by atoms with van der Waals surface area (Å²) >= 11 is 0. The first-order valence-electron chi connectivity index (χ1n) is 9.91. The minimum atomic E-state index is -3.31. The molecule has 0 spiro atoms. The van der Waals surface area contributed by atoms with Crippen LogP contribution >= 0.6 is 0 Å². The van der Waals surface area contributed by atoms with Crippen LogP contribution in [0, 0.1) is 5.92 Å². The Morgan fingerprint density at radius 2 is 1.69 bits per heavy atom. The van der Waals surface area contributed by atoms with Gasteiger partial charge in [-0.05, 0) is 29.2 Å². The fourth-order valence-electron chi connectivity index (χ4n) is 3.25. The Morgan fingerprint density at radius 3 is 2.21 bits per heavy atom. The standard InChI is InChI=1S/C23H32N2O3S/c1-16(2)22(17-10-12-18(13-11-17)23(3,4)5)24-15-21(26)25-19-8-7-9-20(14-19)29(6,27)28/h7-14,16,22,24H,15H2,1-6H3,(H,25,26)/p+1/t22-/m1/s1. The number of amides is 1. The van der Waals surface area contributed by atoms with Crippen molar-refractivity contribution in [3.8, 4) is 0 Å². The summed E-state index contributed by atoms with van der Waals surface area (Å²) in [5.41, 5.74) is 3.07. The molecule has 29 heavy (non-hydrogen) atoms. The van der Waals surface area contributed by atoms with Crippen LogP contribution in [0.4, 0.5) is 5.69 Å². The lowest BCUT2D eigenvalue weighted by molar-refractivity contribution is -0.692. The molecule has 5 nitrogen and oxygen atoms in total. The molecule has 6 heteroatoms. The van der Waals surface area contributed by atoms with E-state index >= 15 is 0 Å². The van der Waals surface area contributed by atoms with E-state index in [1.54, 1.807) is 12.1 Å². The first kappa shape index (κ1) is 23.1. The van der Waals surface area contributed by atoms with Crippen LogP contribution in [0.2, 0.25) is 0 Å². The molecule has 0 aliphatic heterocycles. The Hall–Kier alpha value is -2.18. The van der Waals surface area contributed by atoms with Crippen molar-refractivity contribution in [1.82, 2.24) is 0 Å². The zero-order valence-corrected chi connectivity index (χ0v) is 19.0. The van der Waals surface area contributed by atoms with Crippen molar-refractivity contribution >= 4 is 21.4 Å². The first-order chi connectivity index (χ1) is 13.4. The Morgan fingerprint density at radius 1 is 1.07 bits per heavy atom. The fourth-order valence-corrected chi connectivity index (χ4v) is 3.92. The van der Waals surface area contributed by atoms with Crippen molar-refractivity contribution in [2.24, 2.45) is 5.92 Å². The Bertz CT molecular complexity index is 943. The molecule has 158 valence electrons. The molecule has 1 amide bonds. The summed E-state index contributed by atoms with van der Waals surface area (Å²) in [5, 5.41) is 4.83. The van der Waals surface area contributed by atoms with Crippen LogP contribution < -0.4 is 10.6 Å². The normalized spacial score (nSPS) is 13.3. The largest absolute Gasteiger partial charge is 0.332 e. The molecule has 2 rings (SSSR count). The highest BCUT2D eigenvalue weighted by atomic mass is 32.2. The predicted octanol–water partition coefficient (Wildman–Crippen LogP) is 3.29. The molecule has 2 aromatic rings. The highest BCUT2D eigenvalue weighted by molar-refractivity contribution is 7.90. The maximum Gasteiger partial charge on any atom is 0.279 e. The average Bonchev–Trinajstić information content (AvgIpc) is 2.61. The molecule has 0 aliphatic carbocycles. The van der Waals surface area contributed by atoms with Crippen molar-refractivity contribution in [1.29, 1.82) is 0 Å². The molecule has 0 saturated carbocycles. The summed E-state index contributed by atoms with van der Waals surface area (Å²) in [6, 6.07) is 15.1. The SMILES string of the molecule is CC(C)[C@@H]([NH2+]CC(=O)Nc1cccc(S(C)(=O)=O)c1)c1ccc(C(C)(C)C)cc1. The number of hydrogen-bond acceptors (Lipinski definition) is 3. The third kappa shape index (κ3) is 6.68. The van der Waals surface area contributed by atoms with Gasteiger partial charge in [0.2, 0.25) is 0 Å².